The van der Waals surface area contributed by atoms with E-state index in [0.717, 1.165) is 0 Å². The Morgan fingerprint density at radius 3 is 2.36 bits per heavy atom. The van der Waals surface area contributed by atoms with E-state index in [4.69, 9.17) is 5.73 Å². The highest BCUT2D eigenvalue weighted by atomic mass is 16.2. The number of rotatable bonds is 7. The Morgan fingerprint density at radius 2 is 1.86 bits per heavy atom. The number of amides is 2. The molecule has 0 rings (SSSR count). The molecule has 80 valence electrons. The van der Waals surface area contributed by atoms with Crippen LogP contribution in [0.1, 0.15) is 32.6 Å². The number of unbranched alkanes of at least 4 members (excludes halogenated alkanes) is 1. The maximum atomic E-state index is 10.9. The molecule has 0 aromatic rings. The van der Waals surface area contributed by atoms with Gasteiger partial charge in [0.15, 0.2) is 0 Å². The Hall–Kier alpha value is -1.39. The Kier molecular flexibility index (Phi) is 6.36. The molecule has 0 saturated carbocycles. The molecule has 14 heavy (non-hydrogen) atoms. The second-order valence-electron chi connectivity index (χ2n) is 3.15. The molecule has 0 atom stereocenters. The molecule has 0 fully saturated rings. The zero-order valence-electron chi connectivity index (χ0n) is 8.34. The van der Waals surface area contributed by atoms with E-state index in [1.165, 1.54) is 6.92 Å². The van der Waals surface area contributed by atoms with Crippen molar-refractivity contribution >= 4 is 17.6 Å². The first-order valence-corrected chi connectivity index (χ1v) is 4.57. The first-order valence-electron chi connectivity index (χ1n) is 4.57. The lowest BCUT2D eigenvalue weighted by atomic mass is 10.2. The van der Waals surface area contributed by atoms with Crippen molar-refractivity contribution in [1.29, 1.82) is 0 Å². The Bertz CT molecular complexity index is 226. The molecule has 0 heterocycles. The topological polar surface area (TPSA) is 89.3 Å². The lowest BCUT2D eigenvalue weighted by Gasteiger charge is -2.02. The molecular weight excluding hydrogens is 184 g/mol. The van der Waals surface area contributed by atoms with Crippen LogP contribution in [0.5, 0.6) is 0 Å². The number of hydrogen-bond donors (Lipinski definition) is 2. The van der Waals surface area contributed by atoms with Crippen LogP contribution in [0.3, 0.4) is 0 Å². The third kappa shape index (κ3) is 8.70. The maximum absolute atomic E-state index is 10.9. The summed E-state index contributed by atoms with van der Waals surface area (Å²) < 4.78 is 0. The number of ketones is 1. The van der Waals surface area contributed by atoms with E-state index >= 15 is 0 Å². The largest absolute Gasteiger partial charge is 0.370 e. The van der Waals surface area contributed by atoms with E-state index in [1.54, 1.807) is 0 Å². The second-order valence-corrected chi connectivity index (χ2v) is 3.15. The second kappa shape index (κ2) is 7.06. The van der Waals surface area contributed by atoms with Crippen molar-refractivity contribution in [2.45, 2.75) is 32.6 Å². The molecule has 0 radical (unpaired) electrons. The molecule has 0 aliphatic carbocycles. The maximum Gasteiger partial charge on any atom is 0.227 e. The van der Waals surface area contributed by atoms with E-state index in [9.17, 15) is 14.4 Å². The summed E-state index contributed by atoms with van der Waals surface area (Å²) in [6.07, 6.45) is 1.63. The van der Waals surface area contributed by atoms with Crippen LogP contribution in [0, 0.1) is 0 Å². The van der Waals surface area contributed by atoms with E-state index in [2.05, 4.69) is 5.32 Å². The average molecular weight is 200 g/mol. The lowest BCUT2D eigenvalue weighted by molar-refractivity contribution is -0.127. The molecule has 0 saturated heterocycles. The van der Waals surface area contributed by atoms with Gasteiger partial charge in [-0.25, -0.2) is 0 Å². The molecule has 5 nitrogen and oxygen atoms in total. The molecule has 0 unspecified atom stereocenters. The van der Waals surface area contributed by atoms with Crippen molar-refractivity contribution in [2.75, 3.05) is 6.54 Å². The minimum absolute atomic E-state index is 0.0736. The van der Waals surface area contributed by atoms with Crippen molar-refractivity contribution < 1.29 is 14.4 Å². The molecular formula is C9H16N2O3. The minimum atomic E-state index is -0.333. The predicted octanol–water partition coefficient (Wildman–Crippen LogP) is -0.263. The van der Waals surface area contributed by atoms with Gasteiger partial charge in [-0.3, -0.25) is 14.4 Å². The summed E-state index contributed by atoms with van der Waals surface area (Å²) in [4.78, 5) is 31.8. The van der Waals surface area contributed by atoms with Gasteiger partial charge in [0, 0.05) is 13.0 Å². The molecule has 2 amide bonds. The van der Waals surface area contributed by atoms with Gasteiger partial charge in [0.05, 0.1) is 6.42 Å². The summed E-state index contributed by atoms with van der Waals surface area (Å²) in [7, 11) is 0. The average Bonchev–Trinajstić information content (AvgIpc) is 2.01. The van der Waals surface area contributed by atoms with Crippen LogP contribution in [-0.4, -0.2) is 24.1 Å². The van der Waals surface area contributed by atoms with Crippen molar-refractivity contribution in [3.8, 4) is 0 Å². The number of nitrogens with one attached hydrogen (secondary N) is 1. The molecule has 3 N–H and O–H groups in total. The number of Topliss-reactive ketones (excluding diaryl/α,β-unsaturated/α-hetero) is 1. The normalized spacial score (nSPS) is 9.50. The van der Waals surface area contributed by atoms with Crippen molar-refractivity contribution in [1.82, 2.24) is 5.32 Å². The highest BCUT2D eigenvalue weighted by Gasteiger charge is 2.03. The zero-order valence-corrected chi connectivity index (χ0v) is 8.34. The SMILES string of the molecule is CC(=O)CC(=O)NCCCCC(N)=O. The number of carbonyl (C=O) groups is 3. The first-order chi connectivity index (χ1) is 6.52. The summed E-state index contributed by atoms with van der Waals surface area (Å²) in [5.74, 6) is -0.753. The fourth-order valence-corrected chi connectivity index (χ4v) is 0.941. The Labute approximate surface area is 83.0 Å². The predicted molar refractivity (Wildman–Crippen MR) is 51.4 cm³/mol. The van der Waals surface area contributed by atoms with E-state index in [1.807, 2.05) is 0 Å². The zero-order chi connectivity index (χ0) is 11.0. The van der Waals surface area contributed by atoms with Gasteiger partial charge in [-0.05, 0) is 19.8 Å². The highest BCUT2D eigenvalue weighted by Crippen LogP contribution is 1.92. The molecule has 0 aliphatic rings. The molecule has 0 spiro atoms. The van der Waals surface area contributed by atoms with Crippen LogP contribution in [0.2, 0.25) is 0 Å². The lowest BCUT2D eigenvalue weighted by Crippen LogP contribution is -2.26. The highest BCUT2D eigenvalue weighted by molar-refractivity contribution is 5.96. The summed E-state index contributed by atoms with van der Waals surface area (Å²) in [6.45, 7) is 1.85. The fourth-order valence-electron chi connectivity index (χ4n) is 0.941. The Morgan fingerprint density at radius 1 is 1.21 bits per heavy atom. The van der Waals surface area contributed by atoms with Crippen molar-refractivity contribution in [2.24, 2.45) is 5.73 Å². The molecule has 0 aromatic carbocycles. The third-order valence-corrected chi connectivity index (χ3v) is 1.58. The van der Waals surface area contributed by atoms with Gasteiger partial charge in [0.2, 0.25) is 11.8 Å². The molecule has 0 aromatic heterocycles. The van der Waals surface area contributed by atoms with Gasteiger partial charge in [0.25, 0.3) is 0 Å². The first kappa shape index (κ1) is 12.6. The van der Waals surface area contributed by atoms with Gasteiger partial charge in [-0.15, -0.1) is 0 Å². The fraction of sp³-hybridized carbons (Fsp3) is 0.667. The van der Waals surface area contributed by atoms with Crippen LogP contribution in [-0.2, 0) is 14.4 Å². The van der Waals surface area contributed by atoms with Gasteiger partial charge in [0.1, 0.15) is 5.78 Å². The van der Waals surface area contributed by atoms with E-state index in [0.29, 0.717) is 25.8 Å². The number of primary amides is 1. The molecule has 0 bridgehead atoms. The van der Waals surface area contributed by atoms with Crippen LogP contribution in [0.4, 0.5) is 0 Å². The monoisotopic (exact) mass is 200 g/mol. The third-order valence-electron chi connectivity index (χ3n) is 1.58. The van der Waals surface area contributed by atoms with Crippen molar-refractivity contribution in [3.63, 3.8) is 0 Å². The Balaban J connectivity index is 3.32. The van der Waals surface area contributed by atoms with E-state index in [-0.39, 0.29) is 24.0 Å². The standard InChI is InChI=1S/C9H16N2O3/c1-7(12)6-9(14)11-5-3-2-4-8(10)13/h2-6H2,1H3,(H2,10,13)(H,11,14). The number of hydrogen-bond acceptors (Lipinski definition) is 3. The molecule has 5 heteroatoms. The van der Waals surface area contributed by atoms with Crippen molar-refractivity contribution in [3.05, 3.63) is 0 Å². The van der Waals surface area contributed by atoms with Crippen LogP contribution >= 0.6 is 0 Å². The summed E-state index contributed by atoms with van der Waals surface area (Å²) in [6, 6.07) is 0. The number of carbonyl (C=O) groups excluding carboxylic acids is 3. The van der Waals surface area contributed by atoms with Crippen LogP contribution in [0.15, 0.2) is 0 Å². The number of nitrogens with two attached hydrogens (primary N) is 1. The quantitative estimate of drug-likeness (QED) is 0.438. The summed E-state index contributed by atoms with van der Waals surface area (Å²) in [5.41, 5.74) is 4.93. The van der Waals surface area contributed by atoms with Gasteiger partial charge < -0.3 is 11.1 Å². The van der Waals surface area contributed by atoms with Gasteiger partial charge >= 0.3 is 0 Å². The minimum Gasteiger partial charge on any atom is -0.370 e. The summed E-state index contributed by atoms with van der Waals surface area (Å²) >= 11 is 0. The van der Waals surface area contributed by atoms with Crippen LogP contribution < -0.4 is 11.1 Å². The summed E-state index contributed by atoms with van der Waals surface area (Å²) in [5, 5.41) is 2.58. The molecule has 0 aliphatic heterocycles. The van der Waals surface area contributed by atoms with Gasteiger partial charge in [-0.2, -0.15) is 0 Å². The van der Waals surface area contributed by atoms with E-state index < -0.39 is 0 Å². The smallest absolute Gasteiger partial charge is 0.227 e. The van der Waals surface area contributed by atoms with Gasteiger partial charge in [-0.1, -0.05) is 0 Å². The van der Waals surface area contributed by atoms with Crippen LogP contribution in [0.25, 0.3) is 0 Å².